The van der Waals surface area contributed by atoms with Crippen molar-refractivity contribution in [1.29, 1.82) is 0 Å². The lowest BCUT2D eigenvalue weighted by Gasteiger charge is -2.24. The van der Waals surface area contributed by atoms with Gasteiger partial charge >= 0.3 is 5.97 Å². The van der Waals surface area contributed by atoms with Gasteiger partial charge in [0, 0.05) is 13.2 Å². The first-order chi connectivity index (χ1) is 8.47. The predicted octanol–water partition coefficient (Wildman–Crippen LogP) is 0.291. The van der Waals surface area contributed by atoms with Crippen LogP contribution in [0.3, 0.4) is 0 Å². The number of ether oxygens (including phenoxy) is 1. The maximum Gasteiger partial charge on any atom is 0.321 e. The molecule has 1 aliphatic rings. The van der Waals surface area contributed by atoms with Crippen LogP contribution in [0.2, 0.25) is 0 Å². The Kier molecular flexibility index (Phi) is 6.40. The number of nitrogens with one attached hydrogen (secondary N) is 1. The molecule has 0 aromatic rings. The van der Waals surface area contributed by atoms with Gasteiger partial charge in [0.05, 0.1) is 5.25 Å². The second kappa shape index (κ2) is 7.32. The molecule has 0 amide bonds. The first kappa shape index (κ1) is 15.7. The largest absolute Gasteiger partial charge is 0.480 e. The fourth-order valence-electron chi connectivity index (χ4n) is 1.75. The zero-order chi connectivity index (χ0) is 13.6. The summed E-state index contributed by atoms with van der Waals surface area (Å²) in [5, 5.41) is 8.46. The van der Waals surface area contributed by atoms with Gasteiger partial charge in [0.1, 0.15) is 6.04 Å². The summed E-state index contributed by atoms with van der Waals surface area (Å²) in [6.07, 6.45) is 2.99. The number of sulfonamides is 1. The van der Waals surface area contributed by atoms with Crippen molar-refractivity contribution >= 4 is 27.8 Å². The smallest absolute Gasteiger partial charge is 0.321 e. The molecule has 2 N–H and O–H groups in total. The van der Waals surface area contributed by atoms with E-state index in [1.807, 2.05) is 6.26 Å². The molecule has 0 radical (unpaired) electrons. The van der Waals surface area contributed by atoms with E-state index in [1.54, 1.807) is 0 Å². The van der Waals surface area contributed by atoms with Crippen molar-refractivity contribution in [3.8, 4) is 0 Å². The van der Waals surface area contributed by atoms with Gasteiger partial charge in [0.2, 0.25) is 10.0 Å². The number of rotatable bonds is 7. The van der Waals surface area contributed by atoms with E-state index in [0.29, 0.717) is 38.2 Å². The van der Waals surface area contributed by atoms with Crippen LogP contribution in [-0.4, -0.2) is 56.0 Å². The van der Waals surface area contributed by atoms with Crippen LogP contribution in [0.15, 0.2) is 0 Å². The van der Waals surface area contributed by atoms with Crippen molar-refractivity contribution in [2.75, 3.05) is 25.2 Å². The number of thioether (sulfide) groups is 1. The Hall–Kier alpha value is -0.310. The Bertz CT molecular complexity index is 364. The summed E-state index contributed by atoms with van der Waals surface area (Å²) in [7, 11) is -3.58. The second-order valence-electron chi connectivity index (χ2n) is 4.15. The predicted molar refractivity (Wildman–Crippen MR) is 70.3 cm³/mol. The number of aliphatic carboxylic acids is 1. The van der Waals surface area contributed by atoms with E-state index in [4.69, 9.17) is 9.84 Å². The number of carboxylic acids is 1. The van der Waals surface area contributed by atoms with Gasteiger partial charge in [0.25, 0.3) is 0 Å². The van der Waals surface area contributed by atoms with E-state index < -0.39 is 27.3 Å². The van der Waals surface area contributed by atoms with E-state index >= 15 is 0 Å². The summed E-state index contributed by atoms with van der Waals surface area (Å²) in [5.41, 5.74) is 0. The molecule has 8 heteroatoms. The van der Waals surface area contributed by atoms with Gasteiger partial charge in [-0.1, -0.05) is 0 Å². The minimum atomic E-state index is -3.58. The molecule has 1 fully saturated rings. The van der Waals surface area contributed by atoms with Crippen LogP contribution in [0.25, 0.3) is 0 Å². The second-order valence-corrected chi connectivity index (χ2v) is 7.12. The molecule has 0 aromatic heterocycles. The molecule has 0 aromatic carbocycles. The lowest BCUT2D eigenvalue weighted by Crippen LogP contribution is -2.46. The molecule has 1 atom stereocenters. The molecule has 18 heavy (non-hydrogen) atoms. The van der Waals surface area contributed by atoms with Crippen molar-refractivity contribution in [3.63, 3.8) is 0 Å². The van der Waals surface area contributed by atoms with E-state index in [1.165, 1.54) is 11.8 Å². The summed E-state index contributed by atoms with van der Waals surface area (Å²) in [5.74, 6) is -0.521. The fraction of sp³-hybridized carbons (Fsp3) is 0.900. The number of hydrogen-bond acceptors (Lipinski definition) is 5. The summed E-state index contributed by atoms with van der Waals surface area (Å²) in [6.45, 7) is 0.822. The minimum absolute atomic E-state index is 0.291. The van der Waals surface area contributed by atoms with Gasteiger partial charge in [-0.3, -0.25) is 4.79 Å². The number of hydrogen-bond donors (Lipinski definition) is 2. The highest BCUT2D eigenvalue weighted by molar-refractivity contribution is 7.98. The number of carboxylic acid groups (broad SMARTS) is 1. The highest BCUT2D eigenvalue weighted by atomic mass is 32.2. The SMILES string of the molecule is CSCCC(NS(=O)(=O)C1CCOCC1)C(=O)O. The van der Waals surface area contributed by atoms with Crippen LogP contribution in [0.5, 0.6) is 0 Å². The van der Waals surface area contributed by atoms with Crippen LogP contribution in [0.1, 0.15) is 19.3 Å². The van der Waals surface area contributed by atoms with Gasteiger partial charge in [-0.05, 0) is 31.3 Å². The Morgan fingerprint density at radius 1 is 1.50 bits per heavy atom. The first-order valence-electron chi connectivity index (χ1n) is 5.78. The fourth-order valence-corrected chi connectivity index (χ4v) is 3.84. The highest BCUT2D eigenvalue weighted by Crippen LogP contribution is 2.16. The van der Waals surface area contributed by atoms with E-state index in [2.05, 4.69) is 4.72 Å². The normalized spacial score (nSPS) is 19.6. The van der Waals surface area contributed by atoms with E-state index in [9.17, 15) is 13.2 Å². The molecular weight excluding hydrogens is 278 g/mol. The summed E-state index contributed by atoms with van der Waals surface area (Å²) < 4.78 is 31.5. The molecule has 0 aliphatic carbocycles. The average molecular weight is 297 g/mol. The van der Waals surface area contributed by atoms with Gasteiger partial charge in [0.15, 0.2) is 0 Å². The Morgan fingerprint density at radius 2 is 2.11 bits per heavy atom. The van der Waals surface area contributed by atoms with Gasteiger partial charge in [-0.2, -0.15) is 11.8 Å². The van der Waals surface area contributed by atoms with Crippen molar-refractivity contribution in [2.24, 2.45) is 0 Å². The summed E-state index contributed by atoms with van der Waals surface area (Å²) in [6, 6.07) is -1.04. The molecule has 1 saturated heterocycles. The third-order valence-corrected chi connectivity index (χ3v) is 5.43. The molecule has 1 unspecified atom stereocenters. The molecule has 1 heterocycles. The first-order valence-corrected chi connectivity index (χ1v) is 8.72. The number of carbonyl (C=O) groups is 1. The Labute approximate surface area is 112 Å². The average Bonchev–Trinajstić information content (AvgIpc) is 2.35. The lowest BCUT2D eigenvalue weighted by atomic mass is 10.2. The van der Waals surface area contributed by atoms with Crippen LogP contribution in [0.4, 0.5) is 0 Å². The van der Waals surface area contributed by atoms with Gasteiger partial charge in [-0.15, -0.1) is 0 Å². The third kappa shape index (κ3) is 4.75. The minimum Gasteiger partial charge on any atom is -0.480 e. The molecule has 1 rings (SSSR count). The molecule has 6 nitrogen and oxygen atoms in total. The monoisotopic (exact) mass is 297 g/mol. The van der Waals surface area contributed by atoms with Crippen LogP contribution < -0.4 is 4.72 Å². The highest BCUT2D eigenvalue weighted by Gasteiger charge is 2.31. The van der Waals surface area contributed by atoms with Gasteiger partial charge < -0.3 is 9.84 Å². The lowest BCUT2D eigenvalue weighted by molar-refractivity contribution is -0.139. The summed E-state index contributed by atoms with van der Waals surface area (Å²) >= 11 is 1.49. The molecule has 106 valence electrons. The Balaban J connectivity index is 2.62. The van der Waals surface area contributed by atoms with E-state index in [-0.39, 0.29) is 0 Å². The Morgan fingerprint density at radius 3 is 2.61 bits per heavy atom. The maximum atomic E-state index is 12.0. The quantitative estimate of drug-likeness (QED) is 0.702. The van der Waals surface area contributed by atoms with Crippen LogP contribution >= 0.6 is 11.8 Å². The molecule has 1 aliphatic heterocycles. The van der Waals surface area contributed by atoms with Crippen LogP contribution in [-0.2, 0) is 19.6 Å². The zero-order valence-corrected chi connectivity index (χ0v) is 11.9. The molecular formula is C10H19NO5S2. The zero-order valence-electron chi connectivity index (χ0n) is 10.3. The molecule has 0 spiro atoms. The van der Waals surface area contributed by atoms with Crippen molar-refractivity contribution in [1.82, 2.24) is 4.72 Å². The molecule has 0 saturated carbocycles. The van der Waals surface area contributed by atoms with Gasteiger partial charge in [-0.25, -0.2) is 13.1 Å². The van der Waals surface area contributed by atoms with Crippen molar-refractivity contribution < 1.29 is 23.1 Å². The van der Waals surface area contributed by atoms with Crippen molar-refractivity contribution in [2.45, 2.75) is 30.6 Å². The maximum absolute atomic E-state index is 12.0. The van der Waals surface area contributed by atoms with Crippen LogP contribution in [0, 0.1) is 0 Å². The van der Waals surface area contributed by atoms with E-state index in [0.717, 1.165) is 0 Å². The third-order valence-electron chi connectivity index (χ3n) is 2.82. The summed E-state index contributed by atoms with van der Waals surface area (Å²) in [4.78, 5) is 11.0. The molecule has 0 bridgehead atoms. The topological polar surface area (TPSA) is 92.7 Å². The standard InChI is InChI=1S/C10H19NO5S2/c1-17-7-4-9(10(12)13)11-18(14,15)8-2-5-16-6-3-8/h8-9,11H,2-7H2,1H3,(H,12,13). The van der Waals surface area contributed by atoms with Crippen molar-refractivity contribution in [3.05, 3.63) is 0 Å².